The summed E-state index contributed by atoms with van der Waals surface area (Å²) < 4.78 is 113. The third-order valence-electron chi connectivity index (χ3n) is 1.50. The highest BCUT2D eigenvalue weighted by Crippen LogP contribution is 2.33. The lowest BCUT2D eigenvalue weighted by atomic mass is 10.8. The summed E-state index contributed by atoms with van der Waals surface area (Å²) in [5.74, 6) is 0. The molecule has 0 aromatic heterocycles. The van der Waals surface area contributed by atoms with E-state index < -0.39 is 41.2 Å². The van der Waals surface area contributed by atoms with Crippen molar-refractivity contribution < 1.29 is 43.2 Å². The predicted molar refractivity (Wildman–Crippen MR) is 42.6 cm³/mol. The Morgan fingerprint density at radius 2 is 1.29 bits per heavy atom. The van der Waals surface area contributed by atoms with Gasteiger partial charge in [-0.1, -0.05) is 3.71 Å². The van der Waals surface area contributed by atoms with Crippen molar-refractivity contribution in [3.05, 3.63) is 0 Å². The molecule has 0 N–H and O–H groups in total. The molecule has 0 heterocycles. The van der Waals surface area contributed by atoms with E-state index >= 15 is 0 Å². The summed E-state index contributed by atoms with van der Waals surface area (Å²) in [7, 11) is -13.1. The maximum atomic E-state index is 12.5. The molecule has 0 fully saturated rings. The fourth-order valence-electron chi connectivity index (χ4n) is 0.532. The SMILES string of the molecule is CN(S(=O)(=O)C(F)(F)F)S(=O)(=O)C(F)(F)CF. The fraction of sp³-hybridized carbons (Fsp3) is 1.00. The molecule has 0 bridgehead atoms. The van der Waals surface area contributed by atoms with Gasteiger partial charge in [0.1, 0.15) is 0 Å². The van der Waals surface area contributed by atoms with Gasteiger partial charge in [-0.25, -0.2) is 21.2 Å². The lowest BCUT2D eigenvalue weighted by Gasteiger charge is -2.22. The second-order valence-corrected chi connectivity index (χ2v) is 6.89. The first kappa shape index (κ1) is 16.4. The van der Waals surface area contributed by atoms with E-state index in [1.807, 2.05) is 0 Å². The van der Waals surface area contributed by atoms with Crippen molar-refractivity contribution in [2.75, 3.05) is 13.7 Å². The third-order valence-corrected chi connectivity index (χ3v) is 5.48. The minimum Gasteiger partial charge on any atom is -0.243 e. The van der Waals surface area contributed by atoms with Crippen LogP contribution in [0.3, 0.4) is 0 Å². The van der Waals surface area contributed by atoms with Crippen molar-refractivity contribution in [1.29, 1.82) is 0 Å². The summed E-state index contributed by atoms with van der Waals surface area (Å²) in [6, 6.07) is 0. The van der Waals surface area contributed by atoms with E-state index in [-0.39, 0.29) is 7.05 Å². The van der Waals surface area contributed by atoms with Crippen LogP contribution in [-0.4, -0.2) is 45.0 Å². The van der Waals surface area contributed by atoms with Gasteiger partial charge in [0.2, 0.25) is 0 Å². The monoisotopic (exact) mass is 309 g/mol. The molecule has 5 nitrogen and oxygen atoms in total. The normalized spacial score (nSPS) is 15.3. The van der Waals surface area contributed by atoms with Gasteiger partial charge in [0.05, 0.1) is 0 Å². The lowest BCUT2D eigenvalue weighted by Crippen LogP contribution is -2.49. The van der Waals surface area contributed by atoms with Gasteiger partial charge in [-0.3, -0.25) is 0 Å². The van der Waals surface area contributed by atoms with Crippen LogP contribution in [0, 0.1) is 0 Å². The largest absolute Gasteiger partial charge is 0.512 e. The van der Waals surface area contributed by atoms with Crippen LogP contribution in [0.25, 0.3) is 0 Å². The Hall–Kier alpha value is -0.560. The molecule has 0 amide bonds. The average molecular weight is 309 g/mol. The van der Waals surface area contributed by atoms with Crippen LogP contribution in [-0.2, 0) is 20.0 Å². The highest BCUT2D eigenvalue weighted by atomic mass is 32.3. The summed E-state index contributed by atoms with van der Waals surface area (Å²) in [4.78, 5) is 0. The topological polar surface area (TPSA) is 71.5 Å². The van der Waals surface area contributed by atoms with E-state index in [0.717, 1.165) is 0 Å². The molecule has 0 saturated heterocycles. The number of hydrogen-bond donors (Lipinski definition) is 0. The number of nitrogens with zero attached hydrogens (tertiary/aromatic N) is 1. The van der Waals surface area contributed by atoms with Gasteiger partial charge < -0.3 is 0 Å². The van der Waals surface area contributed by atoms with Gasteiger partial charge >= 0.3 is 20.8 Å². The molecule has 0 aliphatic heterocycles. The molecule has 0 aromatic carbocycles. The molecule has 0 spiro atoms. The van der Waals surface area contributed by atoms with E-state index in [4.69, 9.17) is 0 Å². The number of hydrogen-bond acceptors (Lipinski definition) is 4. The van der Waals surface area contributed by atoms with E-state index in [9.17, 15) is 43.2 Å². The highest BCUT2D eigenvalue weighted by Gasteiger charge is 2.59. The summed E-state index contributed by atoms with van der Waals surface area (Å²) in [5, 5.41) is -5.26. The first-order chi connectivity index (χ1) is 7.22. The Morgan fingerprint density at radius 1 is 0.941 bits per heavy atom. The van der Waals surface area contributed by atoms with Crippen molar-refractivity contribution in [3.63, 3.8) is 0 Å². The van der Waals surface area contributed by atoms with E-state index in [0.29, 0.717) is 0 Å². The van der Waals surface area contributed by atoms with Crippen molar-refractivity contribution in [2.45, 2.75) is 10.8 Å². The van der Waals surface area contributed by atoms with E-state index in [1.54, 1.807) is 0 Å². The van der Waals surface area contributed by atoms with Crippen LogP contribution in [0.1, 0.15) is 0 Å². The Bertz CT molecular complexity index is 479. The van der Waals surface area contributed by atoms with Crippen molar-refractivity contribution in [2.24, 2.45) is 0 Å². The van der Waals surface area contributed by atoms with E-state index in [1.165, 1.54) is 0 Å². The van der Waals surface area contributed by atoms with Gasteiger partial charge in [-0.2, -0.15) is 22.0 Å². The van der Waals surface area contributed by atoms with Crippen molar-refractivity contribution in [3.8, 4) is 0 Å². The Labute approximate surface area is 92.1 Å². The molecule has 0 aliphatic carbocycles. The van der Waals surface area contributed by atoms with Gasteiger partial charge in [0, 0.05) is 7.05 Å². The van der Waals surface area contributed by atoms with Crippen LogP contribution in [0.5, 0.6) is 0 Å². The zero-order chi connectivity index (χ0) is 14.3. The number of halogens is 6. The molecule has 0 aliphatic rings. The molecule has 104 valence electrons. The first-order valence-corrected chi connectivity index (χ1v) is 6.33. The molecule has 0 unspecified atom stereocenters. The number of rotatable bonds is 4. The van der Waals surface area contributed by atoms with Crippen LogP contribution in [0.15, 0.2) is 0 Å². The van der Waals surface area contributed by atoms with Crippen molar-refractivity contribution >= 4 is 20.0 Å². The maximum absolute atomic E-state index is 12.5. The summed E-state index contributed by atoms with van der Waals surface area (Å²) in [6.45, 7) is -2.85. The molecule has 0 atom stereocenters. The number of alkyl halides is 6. The standard InChI is InChI=1S/C4H5F6NO4S2/c1-11(17(14,15)4(8,9)10)16(12,13)3(6,7)2-5/h2H2,1H3. The Morgan fingerprint density at radius 3 is 1.53 bits per heavy atom. The zero-order valence-electron chi connectivity index (χ0n) is 7.87. The highest BCUT2D eigenvalue weighted by molar-refractivity contribution is 8.04. The number of sulfonamides is 2. The smallest absolute Gasteiger partial charge is 0.243 e. The van der Waals surface area contributed by atoms with Crippen LogP contribution in [0.4, 0.5) is 26.3 Å². The zero-order valence-corrected chi connectivity index (χ0v) is 9.50. The van der Waals surface area contributed by atoms with Gasteiger partial charge in [-0.15, -0.1) is 0 Å². The molecule has 0 saturated carbocycles. The first-order valence-electron chi connectivity index (χ1n) is 3.45. The maximum Gasteiger partial charge on any atom is 0.512 e. The van der Waals surface area contributed by atoms with Crippen molar-refractivity contribution in [1.82, 2.24) is 3.71 Å². The molecule has 0 rings (SSSR count). The average Bonchev–Trinajstić information content (AvgIpc) is 2.14. The van der Waals surface area contributed by atoms with Gasteiger partial charge in [0.25, 0.3) is 10.0 Å². The predicted octanol–water partition coefficient (Wildman–Crippen LogP) is 0.660. The van der Waals surface area contributed by atoms with Crippen LogP contribution >= 0.6 is 0 Å². The summed E-state index contributed by atoms with van der Waals surface area (Å²) in [5.41, 5.74) is -6.10. The van der Waals surface area contributed by atoms with Gasteiger partial charge in [-0.05, 0) is 0 Å². The Balaban J connectivity index is 5.75. The third kappa shape index (κ3) is 2.65. The molecule has 13 heteroatoms. The fourth-order valence-corrected chi connectivity index (χ4v) is 2.95. The van der Waals surface area contributed by atoms with Crippen LogP contribution in [0.2, 0.25) is 0 Å². The summed E-state index contributed by atoms with van der Waals surface area (Å²) in [6.07, 6.45) is 0. The van der Waals surface area contributed by atoms with Crippen LogP contribution < -0.4 is 0 Å². The molecule has 17 heavy (non-hydrogen) atoms. The molecular formula is C4H5F6NO4S2. The molecule has 0 aromatic rings. The molecule has 0 radical (unpaired) electrons. The minimum atomic E-state index is -6.53. The second kappa shape index (κ2) is 4.28. The quantitative estimate of drug-likeness (QED) is 0.715. The van der Waals surface area contributed by atoms with E-state index in [2.05, 4.69) is 0 Å². The summed E-state index contributed by atoms with van der Waals surface area (Å²) >= 11 is 0. The minimum absolute atomic E-state index is 0.262. The lowest BCUT2D eigenvalue weighted by molar-refractivity contribution is -0.0468. The van der Waals surface area contributed by atoms with Gasteiger partial charge in [0.15, 0.2) is 6.67 Å². The Kier molecular flexibility index (Phi) is 4.13. The second-order valence-electron chi connectivity index (χ2n) is 2.61. The molecular weight excluding hydrogens is 304 g/mol.